The van der Waals surface area contributed by atoms with E-state index in [2.05, 4.69) is 16.8 Å². The largest absolute Gasteiger partial charge is 0.152 e. The smallest absolute Gasteiger partial charge is 0.0280 e. The molecule has 1 aromatic heterocycles. The van der Waals surface area contributed by atoms with Crippen molar-refractivity contribution in [3.05, 3.63) is 22.4 Å². The molecule has 0 aromatic carbocycles. The number of hydrogen-bond donors (Lipinski definition) is 0. The van der Waals surface area contributed by atoms with Gasteiger partial charge in [0.1, 0.15) is 0 Å². The first-order valence-electron chi connectivity index (χ1n) is 5.92. The minimum atomic E-state index is 0.460. The fourth-order valence-electron chi connectivity index (χ4n) is 2.60. The second-order valence-electron chi connectivity index (χ2n) is 4.83. The molecule has 0 radical (unpaired) electrons. The van der Waals surface area contributed by atoms with Crippen LogP contribution < -0.4 is 0 Å². The Morgan fingerprint density at radius 1 is 1.27 bits per heavy atom. The van der Waals surface area contributed by atoms with Gasteiger partial charge in [-0.2, -0.15) is 11.3 Å². The molecule has 0 amide bonds. The highest BCUT2D eigenvalue weighted by molar-refractivity contribution is 7.07. The molecule has 2 rings (SSSR count). The average molecular weight is 243 g/mol. The number of alkyl halides is 1. The van der Waals surface area contributed by atoms with Gasteiger partial charge in [-0.3, -0.25) is 0 Å². The SMILES string of the molecule is ClCC1(CCc2ccsc2)CCCCC1. The van der Waals surface area contributed by atoms with Crippen molar-refractivity contribution in [3.63, 3.8) is 0 Å². The van der Waals surface area contributed by atoms with Gasteiger partial charge in [0.2, 0.25) is 0 Å². The predicted molar refractivity (Wildman–Crippen MR) is 68.9 cm³/mol. The van der Waals surface area contributed by atoms with Crippen molar-refractivity contribution in [1.29, 1.82) is 0 Å². The van der Waals surface area contributed by atoms with Crippen molar-refractivity contribution in [2.75, 3.05) is 5.88 Å². The third-order valence-corrected chi connectivity index (χ3v) is 5.02. The molecule has 0 atom stereocenters. The summed E-state index contributed by atoms with van der Waals surface area (Å²) in [5.74, 6) is 0.858. The Morgan fingerprint density at radius 2 is 2.07 bits per heavy atom. The first-order valence-corrected chi connectivity index (χ1v) is 7.39. The molecule has 0 saturated heterocycles. The zero-order valence-electron chi connectivity index (χ0n) is 9.18. The Hall–Kier alpha value is -0.0100. The Balaban J connectivity index is 1.89. The van der Waals surface area contributed by atoms with Crippen LogP contribution in [-0.2, 0) is 6.42 Å². The molecule has 1 aromatic rings. The highest BCUT2D eigenvalue weighted by Gasteiger charge is 2.30. The summed E-state index contributed by atoms with van der Waals surface area (Å²) in [6.07, 6.45) is 9.38. The van der Waals surface area contributed by atoms with Crippen LogP contribution in [0.15, 0.2) is 16.8 Å². The Kier molecular flexibility index (Phi) is 4.10. The molecule has 0 N–H and O–H groups in total. The fraction of sp³-hybridized carbons (Fsp3) is 0.692. The van der Waals surface area contributed by atoms with Gasteiger partial charge in [0.15, 0.2) is 0 Å². The topological polar surface area (TPSA) is 0 Å². The maximum atomic E-state index is 6.18. The van der Waals surface area contributed by atoms with Gasteiger partial charge in [-0.05, 0) is 53.5 Å². The second-order valence-corrected chi connectivity index (χ2v) is 5.87. The van der Waals surface area contributed by atoms with Gasteiger partial charge in [-0.25, -0.2) is 0 Å². The molecule has 0 nitrogen and oxygen atoms in total. The molecule has 0 spiro atoms. The highest BCUT2D eigenvalue weighted by atomic mass is 35.5. The Morgan fingerprint density at radius 3 is 2.67 bits per heavy atom. The zero-order chi connectivity index (χ0) is 10.6. The number of aryl methyl sites for hydroxylation is 1. The van der Waals surface area contributed by atoms with E-state index in [9.17, 15) is 0 Å². The number of rotatable bonds is 4. The standard InChI is InChI=1S/C13H19ClS/c14-11-13(6-2-1-3-7-13)8-4-12-5-9-15-10-12/h5,9-10H,1-4,6-8,11H2. The van der Waals surface area contributed by atoms with E-state index in [0.29, 0.717) is 5.41 Å². The van der Waals surface area contributed by atoms with Crippen molar-refractivity contribution in [2.45, 2.75) is 44.9 Å². The Bertz CT molecular complexity index is 273. The average Bonchev–Trinajstić information content (AvgIpc) is 2.81. The van der Waals surface area contributed by atoms with Crippen LogP contribution in [0, 0.1) is 5.41 Å². The van der Waals surface area contributed by atoms with E-state index in [0.717, 1.165) is 5.88 Å². The van der Waals surface area contributed by atoms with Gasteiger partial charge >= 0.3 is 0 Å². The van der Waals surface area contributed by atoms with Crippen molar-refractivity contribution in [2.24, 2.45) is 5.41 Å². The predicted octanol–water partition coefficient (Wildman–Crippen LogP) is 4.87. The van der Waals surface area contributed by atoms with Crippen LogP contribution in [0.4, 0.5) is 0 Å². The molecule has 1 aliphatic rings. The van der Waals surface area contributed by atoms with Crippen molar-refractivity contribution >= 4 is 22.9 Å². The summed E-state index contributed by atoms with van der Waals surface area (Å²) >= 11 is 7.98. The van der Waals surface area contributed by atoms with E-state index in [-0.39, 0.29) is 0 Å². The Labute approximate surface area is 102 Å². The van der Waals surface area contributed by atoms with E-state index in [1.165, 1.54) is 50.5 Å². The third-order valence-electron chi connectivity index (χ3n) is 3.72. The molecule has 1 saturated carbocycles. The number of halogens is 1. The summed E-state index contributed by atoms with van der Waals surface area (Å²) in [7, 11) is 0. The van der Waals surface area contributed by atoms with Gasteiger partial charge in [0.05, 0.1) is 0 Å². The molecule has 2 heteroatoms. The van der Waals surface area contributed by atoms with Crippen molar-refractivity contribution in [3.8, 4) is 0 Å². The molecule has 0 unspecified atom stereocenters. The minimum absolute atomic E-state index is 0.460. The first-order chi connectivity index (χ1) is 7.35. The molecular formula is C13H19ClS. The van der Waals surface area contributed by atoms with E-state index in [1.54, 1.807) is 11.3 Å². The lowest BCUT2D eigenvalue weighted by molar-refractivity contribution is 0.204. The van der Waals surface area contributed by atoms with Crippen LogP contribution in [-0.4, -0.2) is 5.88 Å². The van der Waals surface area contributed by atoms with E-state index in [1.807, 2.05) is 0 Å². The molecule has 0 aliphatic heterocycles. The summed E-state index contributed by atoms with van der Waals surface area (Å²) in [5, 5.41) is 4.44. The van der Waals surface area contributed by atoms with Gasteiger partial charge in [-0.15, -0.1) is 11.6 Å². The van der Waals surface area contributed by atoms with E-state index >= 15 is 0 Å². The quantitative estimate of drug-likeness (QED) is 0.661. The molecule has 84 valence electrons. The molecule has 15 heavy (non-hydrogen) atoms. The molecule has 1 heterocycles. The van der Waals surface area contributed by atoms with Crippen LogP contribution >= 0.6 is 22.9 Å². The molecular weight excluding hydrogens is 224 g/mol. The van der Waals surface area contributed by atoms with Crippen LogP contribution in [0.1, 0.15) is 44.1 Å². The summed E-state index contributed by atoms with van der Waals surface area (Å²) in [6.45, 7) is 0. The van der Waals surface area contributed by atoms with Gasteiger partial charge < -0.3 is 0 Å². The maximum Gasteiger partial charge on any atom is 0.0280 e. The highest BCUT2D eigenvalue weighted by Crippen LogP contribution is 2.41. The lowest BCUT2D eigenvalue weighted by atomic mass is 9.72. The summed E-state index contributed by atoms with van der Waals surface area (Å²) in [4.78, 5) is 0. The summed E-state index contributed by atoms with van der Waals surface area (Å²) < 4.78 is 0. The zero-order valence-corrected chi connectivity index (χ0v) is 10.7. The molecule has 0 bridgehead atoms. The maximum absolute atomic E-state index is 6.18. The monoisotopic (exact) mass is 242 g/mol. The first kappa shape index (κ1) is 11.5. The normalized spacial score (nSPS) is 20.3. The van der Waals surface area contributed by atoms with E-state index < -0.39 is 0 Å². The van der Waals surface area contributed by atoms with Crippen LogP contribution in [0.3, 0.4) is 0 Å². The number of thiophene rings is 1. The van der Waals surface area contributed by atoms with Gasteiger partial charge in [-0.1, -0.05) is 19.3 Å². The van der Waals surface area contributed by atoms with Crippen LogP contribution in [0.5, 0.6) is 0 Å². The van der Waals surface area contributed by atoms with Crippen molar-refractivity contribution in [1.82, 2.24) is 0 Å². The fourth-order valence-corrected chi connectivity index (χ4v) is 3.70. The van der Waals surface area contributed by atoms with E-state index in [4.69, 9.17) is 11.6 Å². The lowest BCUT2D eigenvalue weighted by Gasteiger charge is -2.35. The summed E-state index contributed by atoms with van der Waals surface area (Å²) in [5.41, 5.74) is 1.96. The van der Waals surface area contributed by atoms with Crippen LogP contribution in [0.2, 0.25) is 0 Å². The molecule has 1 fully saturated rings. The minimum Gasteiger partial charge on any atom is -0.152 e. The van der Waals surface area contributed by atoms with Gasteiger partial charge in [0, 0.05) is 5.88 Å². The molecule has 1 aliphatic carbocycles. The summed E-state index contributed by atoms with van der Waals surface area (Å²) in [6, 6.07) is 2.25. The lowest BCUT2D eigenvalue weighted by Crippen LogP contribution is -2.26. The number of hydrogen-bond acceptors (Lipinski definition) is 1. The van der Waals surface area contributed by atoms with Gasteiger partial charge in [0.25, 0.3) is 0 Å². The second kappa shape index (κ2) is 5.36. The van der Waals surface area contributed by atoms with Crippen LogP contribution in [0.25, 0.3) is 0 Å². The third kappa shape index (κ3) is 2.98. The van der Waals surface area contributed by atoms with Crippen molar-refractivity contribution < 1.29 is 0 Å².